The lowest BCUT2D eigenvalue weighted by molar-refractivity contribution is 0.0952. The summed E-state index contributed by atoms with van der Waals surface area (Å²) in [4.78, 5) is 13.3. The molecular weight excluding hydrogens is 220 g/mol. The number of rotatable bonds is 5. The number of aryl methyl sites for hydroxylation is 1. The average Bonchev–Trinajstić information content (AvgIpc) is 2.66. The van der Waals surface area contributed by atoms with Gasteiger partial charge in [-0.15, -0.1) is 0 Å². The first-order valence-electron chi connectivity index (χ1n) is 5.24. The van der Waals surface area contributed by atoms with Crippen LogP contribution in [0.2, 0.25) is 0 Å². The van der Waals surface area contributed by atoms with Gasteiger partial charge in [0, 0.05) is 13.0 Å². The van der Waals surface area contributed by atoms with Crippen molar-refractivity contribution in [1.29, 1.82) is 5.26 Å². The first-order valence-corrected chi connectivity index (χ1v) is 5.24. The molecule has 0 unspecified atom stereocenters. The highest BCUT2D eigenvalue weighted by atomic mass is 16.3. The second-order valence-electron chi connectivity index (χ2n) is 3.80. The summed E-state index contributed by atoms with van der Waals surface area (Å²) in [5.74, 6) is 5.92. The van der Waals surface area contributed by atoms with E-state index in [0.29, 0.717) is 36.6 Å². The third-order valence-electron chi connectivity index (χ3n) is 2.38. The molecule has 17 heavy (non-hydrogen) atoms. The second kappa shape index (κ2) is 6.03. The fourth-order valence-corrected chi connectivity index (χ4v) is 1.51. The molecule has 1 aromatic rings. The molecule has 1 rings (SSSR count). The fraction of sp³-hybridized carbons (Fsp3) is 0.455. The molecule has 1 amide bonds. The van der Waals surface area contributed by atoms with Gasteiger partial charge in [-0.2, -0.15) is 5.26 Å². The molecule has 0 atom stereocenters. The van der Waals surface area contributed by atoms with E-state index in [0.717, 1.165) is 0 Å². The summed E-state index contributed by atoms with van der Waals surface area (Å²) in [6.07, 6.45) is 0.465. The van der Waals surface area contributed by atoms with Crippen LogP contribution in [0.4, 0.5) is 0 Å². The van der Waals surface area contributed by atoms with E-state index in [-0.39, 0.29) is 5.91 Å². The highest BCUT2D eigenvalue weighted by Gasteiger charge is 2.14. The summed E-state index contributed by atoms with van der Waals surface area (Å²) < 4.78 is 5.45. The Morgan fingerprint density at radius 2 is 2.41 bits per heavy atom. The van der Waals surface area contributed by atoms with Gasteiger partial charge in [0.2, 0.25) is 0 Å². The standard InChI is InChI=1S/C11H16N4O2/c1-8-10(11(16)14-13)6-9(17-8)7-15(2)5-3-4-12/h6H,3,5,7,13H2,1-2H3,(H,14,16). The fourth-order valence-electron chi connectivity index (χ4n) is 1.51. The minimum absolute atomic E-state index is 0.364. The first-order chi connectivity index (χ1) is 8.08. The molecule has 1 heterocycles. The maximum atomic E-state index is 11.4. The van der Waals surface area contributed by atoms with Crippen molar-refractivity contribution < 1.29 is 9.21 Å². The molecule has 6 heteroatoms. The summed E-state index contributed by atoms with van der Waals surface area (Å²) in [7, 11) is 1.89. The zero-order valence-electron chi connectivity index (χ0n) is 9.99. The molecule has 6 nitrogen and oxygen atoms in total. The van der Waals surface area contributed by atoms with Crippen LogP contribution in [-0.2, 0) is 6.54 Å². The van der Waals surface area contributed by atoms with Crippen molar-refractivity contribution in [3.05, 3.63) is 23.2 Å². The predicted octanol–water partition coefficient (Wildman–Crippen LogP) is 0.537. The minimum atomic E-state index is -0.364. The van der Waals surface area contributed by atoms with E-state index in [4.69, 9.17) is 15.5 Å². The van der Waals surface area contributed by atoms with Gasteiger partial charge in [-0.05, 0) is 20.0 Å². The SMILES string of the molecule is Cc1oc(CN(C)CCC#N)cc1C(=O)NN. The summed E-state index contributed by atoms with van der Waals surface area (Å²) >= 11 is 0. The Hall–Kier alpha value is -1.84. The third-order valence-corrected chi connectivity index (χ3v) is 2.38. The molecule has 3 N–H and O–H groups in total. The summed E-state index contributed by atoms with van der Waals surface area (Å²) in [5.41, 5.74) is 2.51. The van der Waals surface area contributed by atoms with Crippen molar-refractivity contribution >= 4 is 5.91 Å². The number of hydrogen-bond acceptors (Lipinski definition) is 5. The minimum Gasteiger partial charge on any atom is -0.464 e. The van der Waals surface area contributed by atoms with Gasteiger partial charge in [0.15, 0.2) is 0 Å². The van der Waals surface area contributed by atoms with E-state index in [1.165, 1.54) is 0 Å². The number of hydrogen-bond donors (Lipinski definition) is 2. The van der Waals surface area contributed by atoms with Gasteiger partial charge in [-0.1, -0.05) is 0 Å². The molecule has 0 saturated carbocycles. The van der Waals surface area contributed by atoms with Crippen LogP contribution in [0, 0.1) is 18.3 Å². The largest absolute Gasteiger partial charge is 0.464 e. The quantitative estimate of drug-likeness (QED) is 0.442. The van der Waals surface area contributed by atoms with Gasteiger partial charge < -0.3 is 4.42 Å². The predicted molar refractivity (Wildman–Crippen MR) is 61.7 cm³/mol. The van der Waals surface area contributed by atoms with E-state index < -0.39 is 0 Å². The lowest BCUT2D eigenvalue weighted by Gasteiger charge is -2.12. The van der Waals surface area contributed by atoms with Crippen LogP contribution in [0.25, 0.3) is 0 Å². The van der Waals surface area contributed by atoms with Crippen molar-refractivity contribution in [2.24, 2.45) is 5.84 Å². The van der Waals surface area contributed by atoms with Crippen LogP contribution in [-0.4, -0.2) is 24.4 Å². The average molecular weight is 236 g/mol. The smallest absolute Gasteiger partial charge is 0.268 e. The van der Waals surface area contributed by atoms with Crippen LogP contribution >= 0.6 is 0 Å². The van der Waals surface area contributed by atoms with Gasteiger partial charge in [0.05, 0.1) is 18.2 Å². The highest BCUT2D eigenvalue weighted by molar-refractivity contribution is 5.94. The Bertz CT molecular complexity index is 433. The molecule has 0 aromatic carbocycles. The van der Waals surface area contributed by atoms with Crippen molar-refractivity contribution in [2.75, 3.05) is 13.6 Å². The number of amides is 1. The zero-order chi connectivity index (χ0) is 12.8. The van der Waals surface area contributed by atoms with Gasteiger partial charge in [-0.3, -0.25) is 15.1 Å². The summed E-state index contributed by atoms with van der Waals surface area (Å²) in [6, 6.07) is 3.74. The number of nitrogens with zero attached hydrogens (tertiary/aromatic N) is 2. The van der Waals surface area contributed by atoms with Gasteiger partial charge in [-0.25, -0.2) is 5.84 Å². The van der Waals surface area contributed by atoms with Crippen molar-refractivity contribution in [2.45, 2.75) is 19.9 Å². The van der Waals surface area contributed by atoms with E-state index in [1.807, 2.05) is 11.9 Å². The van der Waals surface area contributed by atoms with E-state index >= 15 is 0 Å². The molecule has 0 saturated heterocycles. The lowest BCUT2D eigenvalue weighted by atomic mass is 10.2. The normalized spacial score (nSPS) is 10.3. The van der Waals surface area contributed by atoms with Crippen LogP contribution < -0.4 is 11.3 Å². The number of nitriles is 1. The molecule has 0 aliphatic rings. The summed E-state index contributed by atoms with van der Waals surface area (Å²) in [6.45, 7) is 2.93. The topological polar surface area (TPSA) is 95.3 Å². The van der Waals surface area contributed by atoms with Crippen molar-refractivity contribution in [3.8, 4) is 6.07 Å². The van der Waals surface area contributed by atoms with E-state index in [1.54, 1.807) is 13.0 Å². The van der Waals surface area contributed by atoms with Crippen LogP contribution in [0.5, 0.6) is 0 Å². The van der Waals surface area contributed by atoms with Gasteiger partial charge >= 0.3 is 0 Å². The molecular formula is C11H16N4O2. The number of hydrazine groups is 1. The molecule has 0 radical (unpaired) electrons. The monoisotopic (exact) mass is 236 g/mol. The van der Waals surface area contributed by atoms with Gasteiger partial charge in [0.25, 0.3) is 5.91 Å². The molecule has 0 bridgehead atoms. The first kappa shape index (κ1) is 13.2. The molecule has 1 aromatic heterocycles. The number of nitrogen functional groups attached to an aromatic ring is 1. The molecule has 0 aliphatic carbocycles. The van der Waals surface area contributed by atoms with Gasteiger partial charge in [0.1, 0.15) is 11.5 Å². The van der Waals surface area contributed by atoms with Crippen LogP contribution in [0.15, 0.2) is 10.5 Å². The number of carbonyl (C=O) groups excluding carboxylic acids is 1. The third kappa shape index (κ3) is 3.59. The Balaban J connectivity index is 2.67. The number of furan rings is 1. The Morgan fingerprint density at radius 1 is 1.71 bits per heavy atom. The molecule has 0 fully saturated rings. The maximum absolute atomic E-state index is 11.4. The number of nitrogens with one attached hydrogen (secondary N) is 1. The Kier molecular flexibility index (Phi) is 4.69. The molecule has 92 valence electrons. The van der Waals surface area contributed by atoms with E-state index in [9.17, 15) is 4.79 Å². The maximum Gasteiger partial charge on any atom is 0.268 e. The van der Waals surface area contributed by atoms with E-state index in [2.05, 4.69) is 11.5 Å². The molecule has 0 aliphatic heterocycles. The summed E-state index contributed by atoms with van der Waals surface area (Å²) in [5, 5.41) is 8.47. The van der Waals surface area contributed by atoms with Crippen LogP contribution in [0.3, 0.4) is 0 Å². The zero-order valence-corrected chi connectivity index (χ0v) is 9.99. The number of carbonyl (C=O) groups is 1. The molecule has 0 spiro atoms. The Labute approximate surface area is 100.0 Å². The van der Waals surface area contributed by atoms with Crippen LogP contribution in [0.1, 0.15) is 28.3 Å². The number of nitrogens with two attached hydrogens (primary N) is 1. The highest BCUT2D eigenvalue weighted by Crippen LogP contribution is 2.15. The van der Waals surface area contributed by atoms with Crippen molar-refractivity contribution in [3.63, 3.8) is 0 Å². The lowest BCUT2D eigenvalue weighted by Crippen LogP contribution is -2.30. The second-order valence-corrected chi connectivity index (χ2v) is 3.80. The van der Waals surface area contributed by atoms with Crippen molar-refractivity contribution in [1.82, 2.24) is 10.3 Å². The Morgan fingerprint density at radius 3 is 3.00 bits per heavy atom.